The largest absolute Gasteiger partial charge is 0.237 e. The molecule has 0 spiro atoms. The van der Waals surface area contributed by atoms with Crippen LogP contribution in [0.5, 0.6) is 0 Å². The van der Waals surface area contributed by atoms with Gasteiger partial charge in [-0.05, 0) is 12.3 Å². The lowest BCUT2D eigenvalue weighted by atomic mass is 9.90. The van der Waals surface area contributed by atoms with Crippen molar-refractivity contribution in [2.45, 2.75) is 64.2 Å². The molecule has 0 aromatic rings. The van der Waals surface area contributed by atoms with Crippen LogP contribution in [0.1, 0.15) is 64.2 Å². The lowest BCUT2D eigenvalue weighted by Crippen LogP contribution is -2.04. The molecule has 1 aliphatic rings. The second kappa shape index (κ2) is 7.37. The second-order valence-corrected chi connectivity index (χ2v) is 4.41. The molecule has 0 saturated heterocycles. The van der Waals surface area contributed by atoms with E-state index in [0.29, 0.717) is 0 Å². The van der Waals surface area contributed by atoms with Crippen LogP contribution in [0.2, 0.25) is 0 Å². The van der Waals surface area contributed by atoms with Crippen LogP contribution in [0, 0.1) is 5.92 Å². The third kappa shape index (κ3) is 5.30. The molecule has 0 bridgehead atoms. The van der Waals surface area contributed by atoms with Crippen LogP contribution >= 0.6 is 0 Å². The fourth-order valence-corrected chi connectivity index (χ4v) is 2.35. The summed E-state index contributed by atoms with van der Waals surface area (Å²) in [5, 5.41) is 10.6. The molecule has 0 atom stereocenters. The lowest BCUT2D eigenvalue weighted by Gasteiger charge is -2.16. The van der Waals surface area contributed by atoms with E-state index in [4.69, 9.17) is 0 Å². The molecule has 13 heavy (non-hydrogen) atoms. The molecule has 1 heteroatoms. The minimum absolute atomic E-state index is 0.144. The molecule has 1 rings (SSSR count). The van der Waals surface area contributed by atoms with Crippen LogP contribution in [0.25, 0.3) is 0 Å². The van der Waals surface area contributed by atoms with Gasteiger partial charge < -0.3 is 0 Å². The Bertz CT molecular complexity index is 102. The first-order valence-corrected chi connectivity index (χ1v) is 6.01. The van der Waals surface area contributed by atoms with Crippen molar-refractivity contribution in [1.29, 1.82) is 0 Å². The molecule has 0 N–H and O–H groups in total. The summed E-state index contributed by atoms with van der Waals surface area (Å²) in [4.78, 5) is 0. The Morgan fingerprint density at radius 2 is 1.23 bits per heavy atom. The van der Waals surface area contributed by atoms with Crippen molar-refractivity contribution in [3.05, 3.63) is 0 Å². The Kier molecular flexibility index (Phi) is 6.26. The van der Waals surface area contributed by atoms with Crippen LogP contribution < -0.4 is 0 Å². The maximum atomic E-state index is 10.6. The van der Waals surface area contributed by atoms with E-state index >= 15 is 0 Å². The third-order valence-electron chi connectivity index (χ3n) is 3.25. The maximum absolute atomic E-state index is 10.6. The molecule has 1 aliphatic carbocycles. The predicted octanol–water partition coefficient (Wildman–Crippen LogP) is 3.95. The van der Waals surface area contributed by atoms with Gasteiger partial charge >= 0.3 is 0 Å². The highest BCUT2D eigenvalue weighted by Gasteiger charge is 2.09. The second-order valence-electron chi connectivity index (χ2n) is 4.41. The summed E-state index contributed by atoms with van der Waals surface area (Å²) in [7, 11) is 0. The van der Waals surface area contributed by atoms with Crippen molar-refractivity contribution in [1.82, 2.24) is 0 Å². The maximum Gasteiger partial charge on any atom is 0.0825 e. The SMILES string of the molecule is [O]CCC1CCCCCCCCC1. The van der Waals surface area contributed by atoms with Crippen LogP contribution in [-0.4, -0.2) is 6.61 Å². The van der Waals surface area contributed by atoms with Crippen molar-refractivity contribution in [2.24, 2.45) is 5.92 Å². The van der Waals surface area contributed by atoms with Gasteiger partial charge in [-0.2, -0.15) is 0 Å². The molecule has 0 aliphatic heterocycles. The van der Waals surface area contributed by atoms with Crippen molar-refractivity contribution in [3.8, 4) is 0 Å². The van der Waals surface area contributed by atoms with E-state index in [1.165, 1.54) is 57.8 Å². The van der Waals surface area contributed by atoms with Gasteiger partial charge in [-0.3, -0.25) is 0 Å². The van der Waals surface area contributed by atoms with Crippen molar-refractivity contribution >= 4 is 0 Å². The lowest BCUT2D eigenvalue weighted by molar-refractivity contribution is 0.163. The summed E-state index contributed by atoms with van der Waals surface area (Å²) in [5.41, 5.74) is 0. The molecule has 1 fully saturated rings. The van der Waals surface area contributed by atoms with Gasteiger partial charge in [0, 0.05) is 0 Å². The predicted molar refractivity (Wildman–Crippen MR) is 55.2 cm³/mol. The van der Waals surface area contributed by atoms with E-state index in [1.807, 2.05) is 0 Å². The molecule has 1 radical (unpaired) electrons. The first kappa shape index (κ1) is 11.0. The number of hydrogen-bond donors (Lipinski definition) is 0. The minimum Gasteiger partial charge on any atom is -0.237 e. The molecule has 1 nitrogen and oxygen atoms in total. The van der Waals surface area contributed by atoms with Crippen LogP contribution in [-0.2, 0) is 5.11 Å². The standard InChI is InChI=1S/C12H23O/c13-11-10-12-8-6-4-2-1-3-5-7-9-12/h12H,1-11H2. The van der Waals surface area contributed by atoms with E-state index < -0.39 is 0 Å². The van der Waals surface area contributed by atoms with E-state index in [-0.39, 0.29) is 6.61 Å². The molecule has 0 aromatic carbocycles. The summed E-state index contributed by atoms with van der Waals surface area (Å²) in [6.07, 6.45) is 13.4. The molecule has 0 amide bonds. The van der Waals surface area contributed by atoms with Gasteiger partial charge in [-0.15, -0.1) is 0 Å². The van der Waals surface area contributed by atoms with E-state index in [0.717, 1.165) is 12.3 Å². The van der Waals surface area contributed by atoms with Gasteiger partial charge in [0.25, 0.3) is 0 Å². The highest BCUT2D eigenvalue weighted by atomic mass is 16.3. The Balaban J connectivity index is 2.18. The first-order chi connectivity index (χ1) is 6.43. The first-order valence-electron chi connectivity index (χ1n) is 6.01. The smallest absolute Gasteiger partial charge is 0.0825 e. The molecule has 77 valence electrons. The fourth-order valence-electron chi connectivity index (χ4n) is 2.35. The summed E-state index contributed by atoms with van der Waals surface area (Å²) in [5.74, 6) is 0.760. The molecule has 0 heterocycles. The summed E-state index contributed by atoms with van der Waals surface area (Å²) in [6.45, 7) is 0.144. The summed E-state index contributed by atoms with van der Waals surface area (Å²) < 4.78 is 0. The van der Waals surface area contributed by atoms with Crippen molar-refractivity contribution < 1.29 is 5.11 Å². The third-order valence-corrected chi connectivity index (χ3v) is 3.25. The van der Waals surface area contributed by atoms with Gasteiger partial charge in [-0.25, -0.2) is 5.11 Å². The van der Waals surface area contributed by atoms with Crippen LogP contribution in [0.15, 0.2) is 0 Å². The normalized spacial score (nSPS) is 22.8. The highest BCUT2D eigenvalue weighted by Crippen LogP contribution is 2.23. The fraction of sp³-hybridized carbons (Fsp3) is 1.00. The Labute approximate surface area is 82.5 Å². The van der Waals surface area contributed by atoms with E-state index in [9.17, 15) is 5.11 Å². The minimum atomic E-state index is 0.144. The molecular formula is C12H23O. The Morgan fingerprint density at radius 1 is 0.769 bits per heavy atom. The van der Waals surface area contributed by atoms with Gasteiger partial charge in [0.05, 0.1) is 6.61 Å². The van der Waals surface area contributed by atoms with E-state index in [2.05, 4.69) is 0 Å². The Hall–Kier alpha value is -0.0400. The quantitative estimate of drug-likeness (QED) is 0.618. The number of hydrogen-bond acceptors (Lipinski definition) is 0. The van der Waals surface area contributed by atoms with Crippen LogP contribution in [0.3, 0.4) is 0 Å². The summed E-state index contributed by atoms with van der Waals surface area (Å²) >= 11 is 0. The zero-order valence-corrected chi connectivity index (χ0v) is 8.76. The average molecular weight is 183 g/mol. The van der Waals surface area contributed by atoms with E-state index in [1.54, 1.807) is 0 Å². The topological polar surface area (TPSA) is 19.9 Å². The average Bonchev–Trinajstić information content (AvgIpc) is 2.16. The monoisotopic (exact) mass is 183 g/mol. The molecular weight excluding hydrogens is 160 g/mol. The summed E-state index contributed by atoms with van der Waals surface area (Å²) in [6, 6.07) is 0. The van der Waals surface area contributed by atoms with Gasteiger partial charge in [-0.1, -0.05) is 57.8 Å². The van der Waals surface area contributed by atoms with Gasteiger partial charge in [0.1, 0.15) is 0 Å². The molecule has 0 unspecified atom stereocenters. The van der Waals surface area contributed by atoms with Gasteiger partial charge in [0.15, 0.2) is 0 Å². The van der Waals surface area contributed by atoms with Crippen molar-refractivity contribution in [3.63, 3.8) is 0 Å². The molecule has 1 saturated carbocycles. The van der Waals surface area contributed by atoms with Crippen molar-refractivity contribution in [2.75, 3.05) is 6.61 Å². The molecule has 0 aromatic heterocycles. The zero-order valence-electron chi connectivity index (χ0n) is 8.76. The highest BCUT2D eigenvalue weighted by molar-refractivity contribution is 4.62. The van der Waals surface area contributed by atoms with Gasteiger partial charge in [0.2, 0.25) is 0 Å². The number of rotatable bonds is 2. The van der Waals surface area contributed by atoms with Crippen LogP contribution in [0.4, 0.5) is 0 Å². The Morgan fingerprint density at radius 3 is 1.69 bits per heavy atom. The zero-order chi connectivity index (χ0) is 9.36.